The molecule has 2 heterocycles. The van der Waals surface area contributed by atoms with Crippen molar-refractivity contribution in [2.24, 2.45) is 10.7 Å². The highest BCUT2D eigenvalue weighted by atomic mass is 16.5. The summed E-state index contributed by atoms with van der Waals surface area (Å²) in [6.07, 6.45) is 8.58. The van der Waals surface area contributed by atoms with Gasteiger partial charge in [0.15, 0.2) is 5.96 Å². The first-order valence-corrected chi connectivity index (χ1v) is 6.30. The molecule has 2 unspecified atom stereocenters. The van der Waals surface area contributed by atoms with Crippen LogP contribution in [0.15, 0.2) is 17.3 Å². The van der Waals surface area contributed by atoms with Gasteiger partial charge in [0.1, 0.15) is 6.10 Å². The average Bonchev–Trinajstić information content (AvgIpc) is 2.88. The van der Waals surface area contributed by atoms with Gasteiger partial charge in [-0.15, -0.1) is 0 Å². The Bertz CT molecular complexity index is 285. The predicted molar refractivity (Wildman–Crippen MR) is 66.7 cm³/mol. The van der Waals surface area contributed by atoms with Crippen molar-refractivity contribution in [2.75, 3.05) is 19.7 Å². The van der Waals surface area contributed by atoms with Gasteiger partial charge in [0.2, 0.25) is 0 Å². The summed E-state index contributed by atoms with van der Waals surface area (Å²) >= 11 is 0. The Morgan fingerprint density at radius 3 is 3.06 bits per heavy atom. The van der Waals surface area contributed by atoms with Gasteiger partial charge < -0.3 is 20.5 Å². The molecule has 0 saturated carbocycles. The van der Waals surface area contributed by atoms with Gasteiger partial charge in [-0.05, 0) is 31.8 Å². The molecule has 0 spiro atoms. The van der Waals surface area contributed by atoms with Crippen LogP contribution in [0.1, 0.15) is 25.7 Å². The number of allylic oxidation sites excluding steroid dienone is 1. The van der Waals surface area contributed by atoms with Gasteiger partial charge in [-0.3, -0.25) is 4.99 Å². The minimum absolute atomic E-state index is 0.205. The van der Waals surface area contributed by atoms with Crippen molar-refractivity contribution in [2.45, 2.75) is 37.9 Å². The number of hydrogen-bond acceptors (Lipinski definition) is 3. The molecule has 2 atom stereocenters. The Morgan fingerprint density at radius 2 is 2.35 bits per heavy atom. The lowest BCUT2D eigenvalue weighted by Crippen LogP contribution is -2.38. The zero-order valence-electron chi connectivity index (χ0n) is 10.1. The number of rotatable bonds is 4. The Kier molecular flexibility index (Phi) is 4.67. The number of ether oxygens (including phenoxy) is 2. The second-order valence-corrected chi connectivity index (χ2v) is 4.45. The van der Waals surface area contributed by atoms with Crippen LogP contribution in [0.3, 0.4) is 0 Å². The predicted octanol–water partition coefficient (Wildman–Crippen LogP) is 0.762. The van der Waals surface area contributed by atoms with E-state index in [4.69, 9.17) is 15.2 Å². The maximum Gasteiger partial charge on any atom is 0.188 e. The Hall–Kier alpha value is -1.23. The summed E-state index contributed by atoms with van der Waals surface area (Å²) in [4.78, 5) is 4.28. The van der Waals surface area contributed by atoms with Crippen molar-refractivity contribution in [3.63, 3.8) is 0 Å². The average molecular weight is 239 g/mol. The quantitative estimate of drug-likeness (QED) is 0.561. The van der Waals surface area contributed by atoms with Crippen molar-refractivity contribution in [1.29, 1.82) is 0 Å². The molecule has 2 rings (SSSR count). The first kappa shape index (κ1) is 12.2. The van der Waals surface area contributed by atoms with Crippen LogP contribution in [0.25, 0.3) is 0 Å². The third kappa shape index (κ3) is 4.26. The highest BCUT2D eigenvalue weighted by Crippen LogP contribution is 2.11. The molecule has 2 aliphatic rings. The fourth-order valence-electron chi connectivity index (χ4n) is 2.00. The molecule has 0 aromatic carbocycles. The minimum Gasteiger partial charge on any atom is -0.497 e. The van der Waals surface area contributed by atoms with E-state index in [1.165, 1.54) is 0 Å². The SMILES string of the molecule is NC(=NCC1CCCO1)NCC1CCC=CO1. The molecule has 0 aromatic heterocycles. The summed E-state index contributed by atoms with van der Waals surface area (Å²) in [7, 11) is 0. The van der Waals surface area contributed by atoms with E-state index in [1.54, 1.807) is 6.26 Å². The van der Waals surface area contributed by atoms with Crippen molar-refractivity contribution in [1.82, 2.24) is 5.32 Å². The van der Waals surface area contributed by atoms with Crippen LogP contribution in [0.5, 0.6) is 0 Å². The fraction of sp³-hybridized carbons (Fsp3) is 0.750. The van der Waals surface area contributed by atoms with E-state index in [9.17, 15) is 0 Å². The van der Waals surface area contributed by atoms with Gasteiger partial charge in [0, 0.05) is 6.61 Å². The van der Waals surface area contributed by atoms with Gasteiger partial charge in [0.05, 0.1) is 25.5 Å². The molecule has 0 aromatic rings. The molecule has 1 saturated heterocycles. The molecule has 0 aliphatic carbocycles. The molecule has 17 heavy (non-hydrogen) atoms. The number of hydrogen-bond donors (Lipinski definition) is 2. The van der Waals surface area contributed by atoms with Crippen molar-refractivity contribution >= 4 is 5.96 Å². The third-order valence-corrected chi connectivity index (χ3v) is 3.02. The zero-order valence-corrected chi connectivity index (χ0v) is 10.1. The first-order valence-electron chi connectivity index (χ1n) is 6.30. The van der Waals surface area contributed by atoms with E-state index in [0.29, 0.717) is 19.0 Å². The molecule has 3 N–H and O–H groups in total. The highest BCUT2D eigenvalue weighted by Gasteiger charge is 2.15. The molecule has 0 radical (unpaired) electrons. The van der Waals surface area contributed by atoms with Gasteiger partial charge in [-0.2, -0.15) is 0 Å². The van der Waals surface area contributed by atoms with Crippen LogP contribution in [-0.2, 0) is 9.47 Å². The fourth-order valence-corrected chi connectivity index (χ4v) is 2.00. The molecule has 0 bridgehead atoms. The minimum atomic E-state index is 0.205. The van der Waals surface area contributed by atoms with E-state index < -0.39 is 0 Å². The second-order valence-electron chi connectivity index (χ2n) is 4.45. The maximum atomic E-state index is 5.78. The number of nitrogens with one attached hydrogen (secondary N) is 1. The van der Waals surface area contributed by atoms with Gasteiger partial charge in [-0.25, -0.2) is 0 Å². The third-order valence-electron chi connectivity index (χ3n) is 3.02. The smallest absolute Gasteiger partial charge is 0.188 e. The normalized spacial score (nSPS) is 29.1. The summed E-state index contributed by atoms with van der Waals surface area (Å²) in [5, 5.41) is 3.09. The lowest BCUT2D eigenvalue weighted by Gasteiger charge is -2.19. The topological polar surface area (TPSA) is 68.9 Å². The van der Waals surface area contributed by atoms with Crippen molar-refractivity contribution < 1.29 is 9.47 Å². The van der Waals surface area contributed by atoms with Crippen LogP contribution >= 0.6 is 0 Å². The molecule has 0 amide bonds. The summed E-state index contributed by atoms with van der Waals surface area (Å²) < 4.78 is 10.9. The molecular formula is C12H21N3O2. The summed E-state index contributed by atoms with van der Waals surface area (Å²) in [6, 6.07) is 0. The molecule has 96 valence electrons. The number of nitrogens with zero attached hydrogens (tertiary/aromatic N) is 1. The lowest BCUT2D eigenvalue weighted by atomic mass is 10.1. The van der Waals surface area contributed by atoms with E-state index in [-0.39, 0.29) is 12.2 Å². The van der Waals surface area contributed by atoms with Crippen LogP contribution in [0.4, 0.5) is 0 Å². The van der Waals surface area contributed by atoms with Gasteiger partial charge in [-0.1, -0.05) is 0 Å². The first-order chi connectivity index (χ1) is 8.34. The van der Waals surface area contributed by atoms with E-state index in [0.717, 1.165) is 32.3 Å². The van der Waals surface area contributed by atoms with E-state index in [2.05, 4.69) is 10.3 Å². The second kappa shape index (κ2) is 6.49. The van der Waals surface area contributed by atoms with Crippen LogP contribution < -0.4 is 11.1 Å². The summed E-state index contributed by atoms with van der Waals surface area (Å²) in [5.74, 6) is 0.485. The molecule has 2 aliphatic heterocycles. The van der Waals surface area contributed by atoms with E-state index >= 15 is 0 Å². The Balaban J connectivity index is 1.63. The van der Waals surface area contributed by atoms with E-state index in [1.807, 2.05) is 6.08 Å². The number of nitrogens with two attached hydrogens (primary N) is 1. The Labute approximate surface area is 102 Å². The standard InChI is InChI=1S/C12H21N3O2/c13-12(15-9-11-5-3-7-17-11)14-8-10-4-1-2-6-16-10/h2,6,10-11H,1,3-5,7-9H2,(H3,13,14,15). The van der Waals surface area contributed by atoms with Gasteiger partial charge >= 0.3 is 0 Å². The monoisotopic (exact) mass is 239 g/mol. The molecule has 5 heteroatoms. The highest BCUT2D eigenvalue weighted by molar-refractivity contribution is 5.77. The lowest BCUT2D eigenvalue weighted by molar-refractivity contribution is 0.117. The van der Waals surface area contributed by atoms with Gasteiger partial charge in [0.25, 0.3) is 0 Å². The van der Waals surface area contributed by atoms with Crippen molar-refractivity contribution in [3.8, 4) is 0 Å². The summed E-state index contributed by atoms with van der Waals surface area (Å²) in [5.41, 5.74) is 5.78. The summed E-state index contributed by atoms with van der Waals surface area (Å²) in [6.45, 7) is 2.23. The molecule has 1 fully saturated rings. The van der Waals surface area contributed by atoms with Crippen molar-refractivity contribution in [3.05, 3.63) is 12.3 Å². The van der Waals surface area contributed by atoms with Crippen LogP contribution in [0, 0.1) is 0 Å². The van der Waals surface area contributed by atoms with Crippen LogP contribution in [-0.4, -0.2) is 37.9 Å². The zero-order chi connectivity index (χ0) is 11.9. The largest absolute Gasteiger partial charge is 0.497 e. The Morgan fingerprint density at radius 1 is 1.41 bits per heavy atom. The molecule has 5 nitrogen and oxygen atoms in total. The maximum absolute atomic E-state index is 5.78. The number of aliphatic imine (C=N–C) groups is 1. The van der Waals surface area contributed by atoms with Crippen LogP contribution in [0.2, 0.25) is 0 Å². The molecular weight excluding hydrogens is 218 g/mol. The number of guanidine groups is 1.